The van der Waals surface area contributed by atoms with Crippen LogP contribution in [0.3, 0.4) is 0 Å². The molecule has 0 aromatic heterocycles. The number of amidine groups is 1. The topological polar surface area (TPSA) is 89.5 Å². The van der Waals surface area contributed by atoms with Crippen LogP contribution in [0.5, 0.6) is 17.2 Å². The number of aliphatic imine (C=N–C) groups is 1. The molecule has 8 nitrogen and oxygen atoms in total. The lowest BCUT2D eigenvalue weighted by atomic mass is 10.2. The van der Waals surface area contributed by atoms with Gasteiger partial charge in [0.1, 0.15) is 11.0 Å². The molecule has 0 spiro atoms. The Balaban J connectivity index is 1.35. The molecule has 2 aliphatic heterocycles. The molecule has 0 unspecified atom stereocenters. The summed E-state index contributed by atoms with van der Waals surface area (Å²) in [6.45, 7) is 0.580. The molecule has 2 heterocycles. The number of anilines is 2. The maximum atomic E-state index is 13.2. The van der Waals surface area contributed by atoms with Gasteiger partial charge in [0, 0.05) is 12.1 Å². The van der Waals surface area contributed by atoms with Crippen LogP contribution in [0, 0.1) is 0 Å². The van der Waals surface area contributed by atoms with Gasteiger partial charge in [-0.25, -0.2) is 4.90 Å². The molecule has 1 N–H and O–H groups in total. The van der Waals surface area contributed by atoms with Gasteiger partial charge in [-0.1, -0.05) is 36.0 Å². The standard InChI is InChI=1S/C26H23N3O5S/c1-32-20-10-8-19(9-11-20)29-24(30)14-23(25(29)31)35-26(28-18-5-3-2-4-6-18)27-15-17-7-12-21-22(13-17)34-16-33-21/h2-13,23H,14-16H2,1H3,(H,27,28)/t23-/m1/s1. The lowest BCUT2D eigenvalue weighted by molar-refractivity contribution is -0.121. The van der Waals surface area contributed by atoms with Crippen LogP contribution in [0.15, 0.2) is 77.8 Å². The second kappa shape index (κ2) is 10.1. The average Bonchev–Trinajstić information content (AvgIpc) is 3.46. The molecule has 0 aliphatic carbocycles. The molecule has 1 fully saturated rings. The lowest BCUT2D eigenvalue weighted by Crippen LogP contribution is -2.31. The van der Waals surface area contributed by atoms with Gasteiger partial charge in [-0.2, -0.15) is 0 Å². The third-order valence-electron chi connectivity index (χ3n) is 5.56. The highest BCUT2D eigenvalue weighted by Gasteiger charge is 2.40. The van der Waals surface area contributed by atoms with Crippen LogP contribution < -0.4 is 24.4 Å². The Hall–Kier alpha value is -3.98. The van der Waals surface area contributed by atoms with E-state index in [0.29, 0.717) is 34.6 Å². The Bertz CT molecular complexity index is 1260. The molecular weight excluding hydrogens is 466 g/mol. The van der Waals surface area contributed by atoms with Gasteiger partial charge in [-0.3, -0.25) is 14.6 Å². The number of methoxy groups -OCH3 is 1. The summed E-state index contributed by atoms with van der Waals surface area (Å²) in [4.78, 5) is 31.9. The van der Waals surface area contributed by atoms with Gasteiger partial charge >= 0.3 is 0 Å². The highest BCUT2D eigenvalue weighted by Crippen LogP contribution is 2.34. The highest BCUT2D eigenvalue weighted by molar-refractivity contribution is 8.15. The molecule has 3 aromatic rings. The molecule has 2 aliphatic rings. The fourth-order valence-electron chi connectivity index (χ4n) is 3.79. The summed E-state index contributed by atoms with van der Waals surface area (Å²) in [5.41, 5.74) is 2.31. The van der Waals surface area contributed by atoms with Crippen molar-refractivity contribution in [1.82, 2.24) is 0 Å². The second-order valence-corrected chi connectivity index (χ2v) is 9.07. The summed E-state index contributed by atoms with van der Waals surface area (Å²) in [5, 5.41) is 3.26. The number of amides is 2. The van der Waals surface area contributed by atoms with Crippen LogP contribution in [-0.2, 0) is 16.1 Å². The van der Waals surface area contributed by atoms with Gasteiger partial charge in [0.25, 0.3) is 0 Å². The number of hydrogen-bond acceptors (Lipinski definition) is 7. The van der Waals surface area contributed by atoms with Crippen molar-refractivity contribution < 1.29 is 23.8 Å². The van der Waals surface area contributed by atoms with Crippen LogP contribution in [0.2, 0.25) is 0 Å². The summed E-state index contributed by atoms with van der Waals surface area (Å²) in [6, 6.07) is 22.1. The minimum Gasteiger partial charge on any atom is -0.497 e. The Kier molecular flexibility index (Phi) is 6.58. The molecule has 0 saturated carbocycles. The monoisotopic (exact) mass is 489 g/mol. The van der Waals surface area contributed by atoms with Crippen molar-refractivity contribution >= 4 is 40.1 Å². The van der Waals surface area contributed by atoms with Crippen LogP contribution in [-0.4, -0.2) is 36.1 Å². The van der Waals surface area contributed by atoms with Crippen LogP contribution in [0.25, 0.3) is 0 Å². The molecule has 0 radical (unpaired) electrons. The summed E-state index contributed by atoms with van der Waals surface area (Å²) in [5.74, 6) is 1.55. The minimum absolute atomic E-state index is 0.0923. The van der Waals surface area contributed by atoms with E-state index in [2.05, 4.69) is 5.32 Å². The number of hydrogen-bond donors (Lipinski definition) is 1. The zero-order chi connectivity index (χ0) is 24.2. The summed E-state index contributed by atoms with van der Waals surface area (Å²) >= 11 is 1.26. The first-order valence-corrected chi connectivity index (χ1v) is 11.9. The zero-order valence-electron chi connectivity index (χ0n) is 19.0. The van der Waals surface area contributed by atoms with Crippen LogP contribution in [0.4, 0.5) is 11.4 Å². The molecule has 0 bridgehead atoms. The predicted octanol–water partition coefficient (Wildman–Crippen LogP) is 4.46. The van der Waals surface area contributed by atoms with Gasteiger partial charge < -0.3 is 19.5 Å². The van der Waals surface area contributed by atoms with Crippen molar-refractivity contribution in [2.24, 2.45) is 4.99 Å². The Morgan fingerprint density at radius 2 is 1.83 bits per heavy atom. The summed E-state index contributed by atoms with van der Waals surface area (Å²) < 4.78 is 16.0. The number of ether oxygens (including phenoxy) is 3. The van der Waals surface area contributed by atoms with Gasteiger partial charge in [-0.05, 0) is 54.1 Å². The van der Waals surface area contributed by atoms with Gasteiger partial charge in [0.05, 0.1) is 19.3 Å². The summed E-state index contributed by atoms with van der Waals surface area (Å²) in [7, 11) is 1.57. The fourth-order valence-corrected chi connectivity index (χ4v) is 4.80. The number of nitrogens with zero attached hydrogens (tertiary/aromatic N) is 2. The van der Waals surface area contributed by atoms with Gasteiger partial charge in [-0.15, -0.1) is 0 Å². The van der Waals surface area contributed by atoms with E-state index in [4.69, 9.17) is 19.2 Å². The van der Waals surface area contributed by atoms with Crippen LogP contribution >= 0.6 is 11.8 Å². The van der Waals surface area contributed by atoms with E-state index in [1.54, 1.807) is 31.4 Å². The third kappa shape index (κ3) is 5.09. The molecule has 1 atom stereocenters. The Morgan fingerprint density at radius 3 is 2.60 bits per heavy atom. The number of fused-ring (bicyclic) bond motifs is 1. The molecule has 3 aromatic carbocycles. The lowest BCUT2D eigenvalue weighted by Gasteiger charge is -2.16. The van der Waals surface area contributed by atoms with Crippen molar-refractivity contribution in [3.63, 3.8) is 0 Å². The summed E-state index contributed by atoms with van der Waals surface area (Å²) in [6.07, 6.45) is 0.0923. The van der Waals surface area contributed by atoms with E-state index in [1.165, 1.54) is 16.7 Å². The number of rotatable bonds is 6. The molecule has 5 rings (SSSR count). The van der Waals surface area contributed by atoms with E-state index in [-0.39, 0.29) is 25.0 Å². The first-order valence-electron chi connectivity index (χ1n) is 11.0. The number of nitrogens with one attached hydrogen (secondary N) is 1. The number of benzene rings is 3. The van der Waals surface area contributed by atoms with Crippen molar-refractivity contribution in [3.05, 3.63) is 78.4 Å². The largest absolute Gasteiger partial charge is 0.497 e. The van der Waals surface area contributed by atoms with E-state index in [9.17, 15) is 9.59 Å². The van der Waals surface area contributed by atoms with E-state index >= 15 is 0 Å². The van der Waals surface area contributed by atoms with Crippen molar-refractivity contribution in [2.75, 3.05) is 24.1 Å². The number of carbonyl (C=O) groups excluding carboxylic acids is 2. The predicted molar refractivity (Wildman–Crippen MR) is 135 cm³/mol. The fraction of sp³-hybridized carbons (Fsp3) is 0.192. The van der Waals surface area contributed by atoms with E-state index < -0.39 is 5.25 Å². The van der Waals surface area contributed by atoms with Crippen molar-refractivity contribution in [2.45, 2.75) is 18.2 Å². The Morgan fingerprint density at radius 1 is 1.06 bits per heavy atom. The van der Waals surface area contributed by atoms with Gasteiger partial charge in [0.15, 0.2) is 16.7 Å². The maximum absolute atomic E-state index is 13.2. The van der Waals surface area contributed by atoms with Crippen molar-refractivity contribution in [3.8, 4) is 17.2 Å². The quantitative estimate of drug-likeness (QED) is 0.311. The third-order valence-corrected chi connectivity index (χ3v) is 6.66. The number of thioether (sulfide) groups is 1. The first kappa shape index (κ1) is 22.8. The first-order chi connectivity index (χ1) is 17.1. The molecule has 2 amide bonds. The number of carbonyl (C=O) groups is 2. The molecule has 1 saturated heterocycles. The SMILES string of the molecule is COc1ccc(N2C(=O)C[C@@H](SC(=NCc3ccc4c(c3)OCO4)Nc3ccccc3)C2=O)cc1. The zero-order valence-corrected chi connectivity index (χ0v) is 19.8. The molecular formula is C26H23N3O5S. The van der Waals surface area contributed by atoms with Gasteiger partial charge in [0.2, 0.25) is 18.6 Å². The van der Waals surface area contributed by atoms with Crippen LogP contribution in [0.1, 0.15) is 12.0 Å². The minimum atomic E-state index is -0.587. The smallest absolute Gasteiger partial charge is 0.247 e. The maximum Gasteiger partial charge on any atom is 0.247 e. The number of para-hydroxylation sites is 1. The second-order valence-electron chi connectivity index (χ2n) is 7.88. The average molecular weight is 490 g/mol. The molecule has 178 valence electrons. The van der Waals surface area contributed by atoms with E-state index in [0.717, 1.165) is 11.3 Å². The molecule has 9 heteroatoms. The Labute approximate surface area is 206 Å². The normalized spacial score (nSPS) is 17.1. The number of imide groups is 1. The molecule has 35 heavy (non-hydrogen) atoms. The van der Waals surface area contributed by atoms with E-state index in [1.807, 2.05) is 48.5 Å². The van der Waals surface area contributed by atoms with Crippen molar-refractivity contribution in [1.29, 1.82) is 0 Å². The highest BCUT2D eigenvalue weighted by atomic mass is 32.2.